The van der Waals surface area contributed by atoms with Crippen LogP contribution in [0, 0.1) is 5.41 Å². The molecule has 0 spiro atoms. The topological polar surface area (TPSA) is 68.5 Å². The van der Waals surface area contributed by atoms with E-state index in [4.69, 9.17) is 9.84 Å². The Labute approximate surface area is 105 Å². The van der Waals surface area contributed by atoms with Crippen molar-refractivity contribution in [1.29, 1.82) is 0 Å². The molecule has 0 aromatic carbocycles. The molecular formula is C13H17NO4. The average molecular weight is 251 g/mol. The van der Waals surface area contributed by atoms with E-state index in [-0.39, 0.29) is 28.7 Å². The number of carboxylic acid groups (broad SMARTS) is 1. The van der Waals surface area contributed by atoms with E-state index in [0.29, 0.717) is 0 Å². The molecule has 0 bridgehead atoms. The molecule has 0 aliphatic heterocycles. The molecule has 1 aliphatic rings. The molecule has 1 heterocycles. The molecule has 5 heteroatoms. The van der Waals surface area contributed by atoms with E-state index in [1.165, 1.54) is 22.9 Å². The lowest BCUT2D eigenvalue weighted by Crippen LogP contribution is -2.53. The number of aromatic carboxylic acids is 1. The van der Waals surface area contributed by atoms with Crippen molar-refractivity contribution in [3.8, 4) is 0 Å². The van der Waals surface area contributed by atoms with Gasteiger partial charge in [0.15, 0.2) is 0 Å². The molecule has 1 fully saturated rings. The second kappa shape index (κ2) is 4.24. The van der Waals surface area contributed by atoms with E-state index in [9.17, 15) is 9.59 Å². The quantitative estimate of drug-likeness (QED) is 0.884. The summed E-state index contributed by atoms with van der Waals surface area (Å²) in [6.45, 7) is 4.05. The van der Waals surface area contributed by atoms with Gasteiger partial charge in [-0.2, -0.15) is 0 Å². The summed E-state index contributed by atoms with van der Waals surface area (Å²) in [5.74, 6) is -1.02. The number of nitrogens with zero attached hydrogens (tertiary/aromatic N) is 1. The summed E-state index contributed by atoms with van der Waals surface area (Å²) < 4.78 is 6.85. The van der Waals surface area contributed by atoms with Gasteiger partial charge in [-0.15, -0.1) is 0 Å². The Kier molecular flexibility index (Phi) is 3.02. The Hall–Kier alpha value is -1.62. The molecule has 98 valence electrons. The Morgan fingerprint density at radius 2 is 2.17 bits per heavy atom. The maximum atomic E-state index is 11.8. The van der Waals surface area contributed by atoms with Crippen molar-refractivity contribution >= 4 is 5.97 Å². The molecule has 1 aromatic heterocycles. The minimum absolute atomic E-state index is 0.0192. The Bertz CT molecular complexity index is 532. The van der Waals surface area contributed by atoms with E-state index in [0.717, 1.165) is 6.42 Å². The van der Waals surface area contributed by atoms with Gasteiger partial charge in [-0.1, -0.05) is 13.8 Å². The lowest BCUT2D eigenvalue weighted by atomic mass is 9.64. The summed E-state index contributed by atoms with van der Waals surface area (Å²) in [5.41, 5.74) is -0.214. The van der Waals surface area contributed by atoms with Crippen LogP contribution in [0.5, 0.6) is 0 Å². The summed E-state index contributed by atoms with van der Waals surface area (Å²) in [6.07, 6.45) is 2.25. The first-order valence-corrected chi connectivity index (χ1v) is 5.86. The van der Waals surface area contributed by atoms with Gasteiger partial charge in [0.2, 0.25) is 0 Å². The highest BCUT2D eigenvalue weighted by Gasteiger charge is 2.49. The van der Waals surface area contributed by atoms with Gasteiger partial charge < -0.3 is 14.4 Å². The van der Waals surface area contributed by atoms with Crippen molar-refractivity contribution in [3.63, 3.8) is 0 Å². The van der Waals surface area contributed by atoms with Crippen LogP contribution in [-0.2, 0) is 4.74 Å². The summed E-state index contributed by atoms with van der Waals surface area (Å²) in [6, 6.07) is 2.62. The highest BCUT2D eigenvalue weighted by molar-refractivity contribution is 5.87. The number of ether oxygens (including phenoxy) is 1. The first-order chi connectivity index (χ1) is 8.37. The molecule has 2 atom stereocenters. The Morgan fingerprint density at radius 3 is 2.67 bits per heavy atom. The van der Waals surface area contributed by atoms with Crippen molar-refractivity contribution in [2.45, 2.75) is 32.4 Å². The third-order valence-corrected chi connectivity index (χ3v) is 3.93. The molecule has 0 radical (unpaired) electrons. The third-order valence-electron chi connectivity index (χ3n) is 3.93. The van der Waals surface area contributed by atoms with Crippen LogP contribution in [0.25, 0.3) is 0 Å². The predicted octanol–water partition coefficient (Wildman–Crippen LogP) is 1.53. The van der Waals surface area contributed by atoms with Gasteiger partial charge in [-0.3, -0.25) is 4.79 Å². The minimum atomic E-state index is -1.02. The van der Waals surface area contributed by atoms with Crippen LogP contribution in [0.15, 0.2) is 23.1 Å². The number of rotatable bonds is 3. The van der Waals surface area contributed by atoms with Gasteiger partial charge in [0.25, 0.3) is 5.56 Å². The zero-order valence-corrected chi connectivity index (χ0v) is 10.7. The maximum Gasteiger partial charge on any atom is 0.337 e. The van der Waals surface area contributed by atoms with Crippen molar-refractivity contribution < 1.29 is 14.6 Å². The summed E-state index contributed by atoms with van der Waals surface area (Å²) in [5, 5.41) is 8.96. The van der Waals surface area contributed by atoms with Crippen molar-refractivity contribution in [1.82, 2.24) is 4.57 Å². The molecule has 2 unspecified atom stereocenters. The summed E-state index contributed by atoms with van der Waals surface area (Å²) in [4.78, 5) is 22.8. The highest BCUT2D eigenvalue weighted by atomic mass is 16.5. The van der Waals surface area contributed by atoms with Crippen LogP contribution in [0.3, 0.4) is 0 Å². The van der Waals surface area contributed by atoms with E-state index < -0.39 is 5.97 Å². The molecule has 1 aliphatic carbocycles. The lowest BCUT2D eigenvalue weighted by molar-refractivity contribution is -0.113. The van der Waals surface area contributed by atoms with Crippen molar-refractivity contribution in [3.05, 3.63) is 34.2 Å². The van der Waals surface area contributed by atoms with Crippen LogP contribution in [0.2, 0.25) is 0 Å². The number of hydrogen-bond acceptors (Lipinski definition) is 3. The molecule has 1 aromatic rings. The average Bonchev–Trinajstić information content (AvgIpc) is 2.30. The molecular weight excluding hydrogens is 234 g/mol. The second-order valence-electron chi connectivity index (χ2n) is 5.27. The van der Waals surface area contributed by atoms with Crippen LogP contribution in [0.4, 0.5) is 0 Å². The standard InChI is InChI=1S/C13H17NO4/c1-13(2)9(6-10(13)18-3)14-7-8(12(16)17)4-5-11(14)15/h4-5,7,9-10H,6H2,1-3H3,(H,16,17). The van der Waals surface area contributed by atoms with E-state index in [2.05, 4.69) is 0 Å². The fourth-order valence-electron chi connectivity index (χ4n) is 2.61. The van der Waals surface area contributed by atoms with E-state index >= 15 is 0 Å². The third kappa shape index (κ3) is 1.84. The normalized spacial score (nSPS) is 25.5. The lowest BCUT2D eigenvalue weighted by Gasteiger charge is -2.51. The Morgan fingerprint density at radius 1 is 1.50 bits per heavy atom. The fourth-order valence-corrected chi connectivity index (χ4v) is 2.61. The van der Waals surface area contributed by atoms with Crippen LogP contribution in [-0.4, -0.2) is 28.9 Å². The zero-order chi connectivity index (χ0) is 13.5. The molecule has 5 nitrogen and oxygen atoms in total. The largest absolute Gasteiger partial charge is 0.478 e. The Balaban J connectivity index is 2.38. The smallest absolute Gasteiger partial charge is 0.337 e. The van der Waals surface area contributed by atoms with Crippen LogP contribution in [0.1, 0.15) is 36.7 Å². The number of pyridine rings is 1. The number of methoxy groups -OCH3 is 1. The van der Waals surface area contributed by atoms with Crippen molar-refractivity contribution in [2.24, 2.45) is 5.41 Å². The van der Waals surface area contributed by atoms with E-state index in [1.807, 2.05) is 13.8 Å². The van der Waals surface area contributed by atoms with Crippen LogP contribution < -0.4 is 5.56 Å². The van der Waals surface area contributed by atoms with Gasteiger partial charge in [0.1, 0.15) is 0 Å². The first-order valence-electron chi connectivity index (χ1n) is 5.86. The molecule has 0 amide bonds. The predicted molar refractivity (Wildman–Crippen MR) is 65.9 cm³/mol. The second-order valence-corrected chi connectivity index (χ2v) is 5.27. The zero-order valence-electron chi connectivity index (χ0n) is 10.7. The number of carbonyl (C=O) groups is 1. The van der Waals surface area contributed by atoms with Crippen LogP contribution >= 0.6 is 0 Å². The molecule has 2 rings (SSSR count). The first kappa shape index (κ1) is 12.8. The summed E-state index contributed by atoms with van der Waals surface area (Å²) in [7, 11) is 1.65. The maximum absolute atomic E-state index is 11.8. The van der Waals surface area contributed by atoms with Gasteiger partial charge in [0, 0.05) is 30.8 Å². The highest BCUT2D eigenvalue weighted by Crippen LogP contribution is 2.50. The SMILES string of the molecule is COC1CC(n2cc(C(=O)O)ccc2=O)C1(C)C. The molecule has 0 saturated heterocycles. The molecule has 1 N–H and O–H groups in total. The van der Waals surface area contributed by atoms with Gasteiger partial charge in [-0.25, -0.2) is 4.79 Å². The van der Waals surface area contributed by atoms with Gasteiger partial charge in [0.05, 0.1) is 11.7 Å². The van der Waals surface area contributed by atoms with E-state index in [1.54, 1.807) is 7.11 Å². The summed E-state index contributed by atoms with van der Waals surface area (Å²) >= 11 is 0. The van der Waals surface area contributed by atoms with Gasteiger partial charge in [-0.05, 0) is 12.5 Å². The molecule has 1 saturated carbocycles. The fraction of sp³-hybridized carbons (Fsp3) is 0.538. The monoisotopic (exact) mass is 251 g/mol. The number of carboxylic acids is 1. The van der Waals surface area contributed by atoms with Crippen molar-refractivity contribution in [2.75, 3.05) is 7.11 Å². The minimum Gasteiger partial charge on any atom is -0.478 e. The number of hydrogen-bond donors (Lipinski definition) is 1. The number of aromatic nitrogens is 1. The van der Waals surface area contributed by atoms with Gasteiger partial charge >= 0.3 is 5.97 Å². The molecule has 18 heavy (non-hydrogen) atoms.